The highest BCUT2D eigenvalue weighted by Crippen LogP contribution is 2.15. The van der Waals surface area contributed by atoms with Crippen LogP contribution in [0.25, 0.3) is 0 Å². The predicted octanol–water partition coefficient (Wildman–Crippen LogP) is 22.2. The van der Waals surface area contributed by atoms with Crippen molar-refractivity contribution in [1.29, 1.82) is 0 Å². The zero-order chi connectivity index (χ0) is 56.4. The Morgan fingerprint density at radius 2 is 0.526 bits per heavy atom. The molecule has 0 fully saturated rings. The zero-order valence-electron chi connectivity index (χ0n) is 50.6. The molecule has 6 heteroatoms. The number of esters is 3. The maximum absolute atomic E-state index is 12.9. The molecule has 0 aliphatic carbocycles. The van der Waals surface area contributed by atoms with Gasteiger partial charge in [-0.2, -0.15) is 0 Å². The molecule has 0 aromatic heterocycles. The Morgan fingerprint density at radius 3 is 0.846 bits per heavy atom. The van der Waals surface area contributed by atoms with Crippen molar-refractivity contribution in [2.24, 2.45) is 0 Å². The maximum atomic E-state index is 12.9. The first-order valence-corrected chi connectivity index (χ1v) is 32.2. The molecule has 6 nitrogen and oxygen atoms in total. The lowest BCUT2D eigenvalue weighted by molar-refractivity contribution is -0.167. The number of hydrogen-bond donors (Lipinski definition) is 0. The van der Waals surface area contributed by atoms with Crippen molar-refractivity contribution >= 4 is 17.9 Å². The average Bonchev–Trinajstić information content (AvgIpc) is 3.44. The monoisotopic (exact) mass is 1080 g/mol. The van der Waals surface area contributed by atoms with Crippen LogP contribution in [0.4, 0.5) is 0 Å². The fourth-order valence-electron chi connectivity index (χ4n) is 8.55. The average molecular weight is 1080 g/mol. The molecular weight excluding hydrogens is 961 g/mol. The van der Waals surface area contributed by atoms with E-state index in [-0.39, 0.29) is 31.1 Å². The maximum Gasteiger partial charge on any atom is 0.306 e. The second-order valence-electron chi connectivity index (χ2n) is 20.9. The minimum atomic E-state index is -0.802. The summed E-state index contributed by atoms with van der Waals surface area (Å²) >= 11 is 0. The number of ether oxygens (including phenoxy) is 3. The van der Waals surface area contributed by atoms with Crippen molar-refractivity contribution in [1.82, 2.24) is 0 Å². The van der Waals surface area contributed by atoms with Gasteiger partial charge in [-0.05, 0) is 135 Å². The van der Waals surface area contributed by atoms with Gasteiger partial charge in [0.15, 0.2) is 6.10 Å². The first-order valence-electron chi connectivity index (χ1n) is 32.2. The number of unbranched alkanes of at least 4 members (excludes halogenated alkanes) is 24. The van der Waals surface area contributed by atoms with Crippen LogP contribution in [0, 0.1) is 0 Å². The van der Waals surface area contributed by atoms with Crippen LogP contribution in [0.1, 0.15) is 284 Å². The van der Waals surface area contributed by atoms with Crippen molar-refractivity contribution in [3.8, 4) is 0 Å². The fraction of sp³-hybridized carbons (Fsp3) is 0.653. The van der Waals surface area contributed by atoms with Gasteiger partial charge in [-0.3, -0.25) is 14.4 Å². The summed E-state index contributed by atoms with van der Waals surface area (Å²) in [5, 5.41) is 0. The van der Waals surface area contributed by atoms with E-state index in [1.165, 1.54) is 89.9 Å². The summed E-state index contributed by atoms with van der Waals surface area (Å²) in [5.74, 6) is -0.940. The van der Waals surface area contributed by atoms with E-state index < -0.39 is 6.10 Å². The lowest BCUT2D eigenvalue weighted by Gasteiger charge is -2.18. The molecule has 1 unspecified atom stereocenters. The van der Waals surface area contributed by atoms with Crippen LogP contribution < -0.4 is 0 Å². The number of hydrogen-bond acceptors (Lipinski definition) is 6. The third kappa shape index (κ3) is 62.4. The molecule has 0 aliphatic heterocycles. The number of allylic oxidation sites excluding steroid dienone is 22. The Balaban J connectivity index is 4.40. The summed E-state index contributed by atoms with van der Waals surface area (Å²) in [6.45, 7) is 6.43. The summed E-state index contributed by atoms with van der Waals surface area (Å²) < 4.78 is 16.9. The summed E-state index contributed by atoms with van der Waals surface area (Å²) in [4.78, 5) is 38.3. The Labute approximate surface area is 481 Å². The number of rotatable bonds is 57. The summed E-state index contributed by atoms with van der Waals surface area (Å²) in [6, 6.07) is 0. The zero-order valence-corrected chi connectivity index (χ0v) is 50.6. The molecule has 0 amide bonds. The minimum Gasteiger partial charge on any atom is -0.462 e. The molecule has 1 atom stereocenters. The van der Waals surface area contributed by atoms with E-state index in [4.69, 9.17) is 14.2 Å². The molecule has 0 aromatic rings. The molecule has 0 bridgehead atoms. The predicted molar refractivity (Wildman–Crippen MR) is 339 cm³/mol. The van der Waals surface area contributed by atoms with Crippen molar-refractivity contribution in [2.45, 2.75) is 290 Å². The molecule has 0 saturated carbocycles. The minimum absolute atomic E-state index is 0.0983. The van der Waals surface area contributed by atoms with E-state index in [1.54, 1.807) is 0 Å². The molecule has 442 valence electrons. The van der Waals surface area contributed by atoms with Crippen LogP contribution in [0.3, 0.4) is 0 Å². The molecule has 0 rings (SSSR count). The van der Waals surface area contributed by atoms with E-state index in [1.807, 2.05) is 0 Å². The highest BCUT2D eigenvalue weighted by atomic mass is 16.6. The van der Waals surface area contributed by atoms with Crippen LogP contribution in [0.5, 0.6) is 0 Å². The van der Waals surface area contributed by atoms with Gasteiger partial charge in [0, 0.05) is 19.3 Å². The Bertz CT molecular complexity index is 1670. The highest BCUT2D eigenvalue weighted by Gasteiger charge is 2.19. The lowest BCUT2D eigenvalue weighted by Crippen LogP contribution is -2.30. The van der Waals surface area contributed by atoms with Crippen molar-refractivity contribution in [3.63, 3.8) is 0 Å². The van der Waals surface area contributed by atoms with Gasteiger partial charge in [0.1, 0.15) is 13.2 Å². The van der Waals surface area contributed by atoms with Gasteiger partial charge in [0.25, 0.3) is 0 Å². The van der Waals surface area contributed by atoms with Gasteiger partial charge in [-0.15, -0.1) is 0 Å². The summed E-state index contributed by atoms with van der Waals surface area (Å²) in [7, 11) is 0. The smallest absolute Gasteiger partial charge is 0.306 e. The molecule has 78 heavy (non-hydrogen) atoms. The van der Waals surface area contributed by atoms with Crippen molar-refractivity contribution in [3.05, 3.63) is 134 Å². The largest absolute Gasteiger partial charge is 0.462 e. The lowest BCUT2D eigenvalue weighted by atomic mass is 10.1. The summed E-state index contributed by atoms with van der Waals surface area (Å²) in [6.07, 6.45) is 91.7. The van der Waals surface area contributed by atoms with E-state index in [0.29, 0.717) is 19.3 Å². The molecular formula is C72H118O6. The first kappa shape index (κ1) is 73.5. The van der Waals surface area contributed by atoms with E-state index in [2.05, 4.69) is 154 Å². The van der Waals surface area contributed by atoms with Gasteiger partial charge < -0.3 is 14.2 Å². The molecule has 0 radical (unpaired) electrons. The van der Waals surface area contributed by atoms with Crippen LogP contribution in [0.2, 0.25) is 0 Å². The standard InChI is InChI=1S/C72H118O6/c1-4-7-10-13-16-19-22-25-27-29-31-32-33-34-35-36-37-38-39-40-41-43-44-47-50-53-56-59-62-65-71(74)77-68-69(67-76-70(73)64-61-58-55-52-49-46-24-21-18-15-12-9-6-3)78-72(75)66-63-60-57-54-51-48-45-42-30-28-26-23-20-17-14-11-8-5-2/h7,10,12,15-16,19,21,24-25,27-28,30-32,34-35,37-38,40-41,44,47,69H,4-6,8-9,11,13-14,17-18,20,22-23,26,29,33,36,39,42-43,45-46,48-68H2,1-3H3/b10-7-,15-12-,19-16-,24-21-,27-25-,30-28-,32-31-,35-34-,38-37-,41-40-,47-44-. The van der Waals surface area contributed by atoms with Crippen molar-refractivity contribution < 1.29 is 28.6 Å². The topological polar surface area (TPSA) is 78.9 Å². The van der Waals surface area contributed by atoms with E-state index >= 15 is 0 Å². The van der Waals surface area contributed by atoms with Crippen LogP contribution in [0.15, 0.2) is 134 Å². The quantitative estimate of drug-likeness (QED) is 0.0261. The highest BCUT2D eigenvalue weighted by molar-refractivity contribution is 5.71. The van der Waals surface area contributed by atoms with Gasteiger partial charge in [0.05, 0.1) is 0 Å². The SMILES string of the molecule is CC/C=C\C/C=C\C/C=C\C/C=C\C/C=C\C/C=C\C/C=C\C/C=C\CCCCCCC(=O)OCC(COC(=O)CCCCCCC/C=C\C/C=C\CCC)OC(=O)CCCCCCCCC/C=C\CCCCCCCCC. The molecule has 0 aromatic carbocycles. The molecule has 0 N–H and O–H groups in total. The second kappa shape index (κ2) is 65.1. The first-order chi connectivity index (χ1) is 38.5. The van der Waals surface area contributed by atoms with E-state index in [9.17, 15) is 14.4 Å². The molecule has 0 spiro atoms. The number of carbonyl (C=O) groups excluding carboxylic acids is 3. The van der Waals surface area contributed by atoms with Gasteiger partial charge in [0.2, 0.25) is 0 Å². The number of carbonyl (C=O) groups is 3. The Hall–Kier alpha value is -4.45. The summed E-state index contributed by atoms with van der Waals surface area (Å²) in [5.41, 5.74) is 0. The van der Waals surface area contributed by atoms with Gasteiger partial charge in [-0.1, -0.05) is 264 Å². The van der Waals surface area contributed by atoms with E-state index in [0.717, 1.165) is 154 Å². The normalized spacial score (nSPS) is 13.0. The second-order valence-corrected chi connectivity index (χ2v) is 20.9. The Kier molecular flexibility index (Phi) is 61.4. The molecule has 0 saturated heterocycles. The third-order valence-electron chi connectivity index (χ3n) is 13.3. The Morgan fingerprint density at radius 1 is 0.269 bits per heavy atom. The van der Waals surface area contributed by atoms with Crippen LogP contribution in [-0.2, 0) is 28.6 Å². The fourth-order valence-corrected chi connectivity index (χ4v) is 8.55. The van der Waals surface area contributed by atoms with Crippen LogP contribution in [-0.4, -0.2) is 37.2 Å². The molecule has 0 heterocycles. The molecule has 0 aliphatic rings. The third-order valence-corrected chi connectivity index (χ3v) is 13.3. The van der Waals surface area contributed by atoms with Gasteiger partial charge in [-0.25, -0.2) is 0 Å². The van der Waals surface area contributed by atoms with Crippen LogP contribution >= 0.6 is 0 Å². The van der Waals surface area contributed by atoms with Crippen molar-refractivity contribution in [2.75, 3.05) is 13.2 Å². The van der Waals surface area contributed by atoms with Gasteiger partial charge >= 0.3 is 17.9 Å².